The summed E-state index contributed by atoms with van der Waals surface area (Å²) in [5.41, 5.74) is -1.05. The SMILES string of the molecule is O=S(=O)(O)Cc1cccc(C(F)(F)F)c1.[NaH]. The van der Waals surface area contributed by atoms with Crippen molar-refractivity contribution in [1.82, 2.24) is 0 Å². The van der Waals surface area contributed by atoms with E-state index in [2.05, 4.69) is 0 Å². The van der Waals surface area contributed by atoms with Gasteiger partial charge in [-0.15, -0.1) is 0 Å². The van der Waals surface area contributed by atoms with E-state index in [0.29, 0.717) is 6.07 Å². The van der Waals surface area contributed by atoms with Crippen LogP contribution in [0.2, 0.25) is 0 Å². The number of hydrogen-bond donors (Lipinski definition) is 1. The van der Waals surface area contributed by atoms with E-state index < -0.39 is 27.6 Å². The Hall–Kier alpha value is -0.0800. The first-order chi connectivity index (χ1) is 6.68. The number of rotatable bonds is 2. The van der Waals surface area contributed by atoms with Gasteiger partial charge in [0.05, 0.1) is 5.56 Å². The Bertz CT molecular complexity index is 456. The summed E-state index contributed by atoms with van der Waals surface area (Å²) < 4.78 is 65.9. The summed E-state index contributed by atoms with van der Waals surface area (Å²) in [6, 6.07) is 3.80. The van der Waals surface area contributed by atoms with Gasteiger partial charge in [0.15, 0.2) is 0 Å². The fraction of sp³-hybridized carbons (Fsp3) is 0.250. The third-order valence-electron chi connectivity index (χ3n) is 1.60. The molecular formula is C8H8F3NaO3S. The Kier molecular flexibility index (Phi) is 5.48. The van der Waals surface area contributed by atoms with Gasteiger partial charge >= 0.3 is 35.7 Å². The molecule has 0 aliphatic heterocycles. The van der Waals surface area contributed by atoms with E-state index in [1.54, 1.807) is 0 Å². The van der Waals surface area contributed by atoms with Crippen LogP contribution in [0.4, 0.5) is 13.2 Å². The summed E-state index contributed by atoms with van der Waals surface area (Å²) in [7, 11) is -4.31. The van der Waals surface area contributed by atoms with Gasteiger partial charge in [-0.25, -0.2) is 0 Å². The molecule has 1 rings (SSSR count). The Morgan fingerprint density at radius 2 is 1.81 bits per heavy atom. The Morgan fingerprint density at radius 1 is 1.25 bits per heavy atom. The van der Waals surface area contributed by atoms with E-state index in [-0.39, 0.29) is 35.1 Å². The molecule has 1 aromatic carbocycles. The monoisotopic (exact) mass is 264 g/mol. The van der Waals surface area contributed by atoms with Gasteiger partial charge in [0.2, 0.25) is 0 Å². The molecule has 0 saturated heterocycles. The molecule has 0 unspecified atom stereocenters. The van der Waals surface area contributed by atoms with Crippen molar-refractivity contribution in [3.8, 4) is 0 Å². The predicted octanol–water partition coefficient (Wildman–Crippen LogP) is 1.44. The zero-order valence-electron chi connectivity index (χ0n) is 7.32. The third-order valence-corrected chi connectivity index (χ3v) is 2.30. The van der Waals surface area contributed by atoms with Crippen LogP contribution in [-0.2, 0) is 22.0 Å². The molecule has 8 heteroatoms. The summed E-state index contributed by atoms with van der Waals surface area (Å²) in [6.45, 7) is 0. The Labute approximate surface area is 113 Å². The van der Waals surface area contributed by atoms with Crippen LogP contribution in [0.15, 0.2) is 24.3 Å². The fourth-order valence-electron chi connectivity index (χ4n) is 1.05. The first-order valence-electron chi connectivity index (χ1n) is 3.80. The van der Waals surface area contributed by atoms with Gasteiger partial charge in [-0.1, -0.05) is 18.2 Å². The number of benzene rings is 1. The van der Waals surface area contributed by atoms with E-state index in [4.69, 9.17) is 4.55 Å². The molecule has 1 aromatic rings. The van der Waals surface area contributed by atoms with Crippen LogP contribution in [0.1, 0.15) is 11.1 Å². The number of hydrogen-bond acceptors (Lipinski definition) is 2. The molecule has 0 atom stereocenters. The second-order valence-corrected chi connectivity index (χ2v) is 4.38. The first kappa shape index (κ1) is 15.9. The van der Waals surface area contributed by atoms with Crippen molar-refractivity contribution in [2.75, 3.05) is 0 Å². The van der Waals surface area contributed by atoms with E-state index in [1.165, 1.54) is 6.07 Å². The Balaban J connectivity index is 0.00000225. The molecule has 1 N–H and O–H groups in total. The summed E-state index contributed by atoms with van der Waals surface area (Å²) in [5.74, 6) is -0.822. The van der Waals surface area contributed by atoms with E-state index in [0.717, 1.165) is 12.1 Å². The van der Waals surface area contributed by atoms with Gasteiger partial charge < -0.3 is 0 Å². The minimum atomic E-state index is -4.52. The van der Waals surface area contributed by atoms with Crippen LogP contribution < -0.4 is 0 Å². The van der Waals surface area contributed by atoms with Crippen molar-refractivity contribution in [3.63, 3.8) is 0 Å². The molecule has 0 fully saturated rings. The van der Waals surface area contributed by atoms with Crippen molar-refractivity contribution >= 4 is 39.7 Å². The molecule has 0 amide bonds. The molecule has 0 heterocycles. The molecule has 0 spiro atoms. The fourth-order valence-corrected chi connectivity index (χ4v) is 1.65. The van der Waals surface area contributed by atoms with Gasteiger partial charge in [-0.05, 0) is 11.6 Å². The summed E-state index contributed by atoms with van der Waals surface area (Å²) in [5, 5.41) is 0. The van der Waals surface area contributed by atoms with Crippen molar-refractivity contribution in [2.45, 2.75) is 11.9 Å². The van der Waals surface area contributed by atoms with Gasteiger partial charge in [-0.2, -0.15) is 21.6 Å². The number of halogens is 3. The Morgan fingerprint density at radius 3 is 2.25 bits per heavy atom. The standard InChI is InChI=1S/C8H7F3O3S.Na.H/c9-8(10,11)7-3-1-2-6(4-7)5-15(12,13)14;;/h1-4H,5H2,(H,12,13,14);;. The molecule has 0 bridgehead atoms. The van der Waals surface area contributed by atoms with Gasteiger partial charge in [-0.3, -0.25) is 4.55 Å². The topological polar surface area (TPSA) is 54.4 Å². The van der Waals surface area contributed by atoms with Crippen LogP contribution in [-0.4, -0.2) is 42.5 Å². The normalized spacial score (nSPS) is 12.0. The second-order valence-electron chi connectivity index (χ2n) is 2.92. The van der Waals surface area contributed by atoms with Gasteiger partial charge in [0.25, 0.3) is 10.1 Å². The van der Waals surface area contributed by atoms with Gasteiger partial charge in [0, 0.05) is 0 Å². The molecule has 0 aromatic heterocycles. The third kappa shape index (κ3) is 5.31. The van der Waals surface area contributed by atoms with Crippen LogP contribution in [0.5, 0.6) is 0 Å². The zero-order valence-corrected chi connectivity index (χ0v) is 8.14. The summed E-state index contributed by atoms with van der Waals surface area (Å²) in [4.78, 5) is 0. The predicted molar refractivity (Wildman–Crippen MR) is 53.8 cm³/mol. The summed E-state index contributed by atoms with van der Waals surface area (Å²) in [6.07, 6.45) is -4.52. The van der Waals surface area contributed by atoms with Crippen LogP contribution in [0.3, 0.4) is 0 Å². The molecule has 86 valence electrons. The quantitative estimate of drug-likeness (QED) is 0.649. The first-order valence-corrected chi connectivity index (χ1v) is 5.41. The van der Waals surface area contributed by atoms with E-state index in [9.17, 15) is 21.6 Å². The molecule has 0 radical (unpaired) electrons. The van der Waals surface area contributed by atoms with Gasteiger partial charge in [0.1, 0.15) is 5.75 Å². The zero-order chi connectivity index (χ0) is 11.7. The van der Waals surface area contributed by atoms with Crippen LogP contribution >= 0.6 is 0 Å². The van der Waals surface area contributed by atoms with E-state index >= 15 is 0 Å². The average molecular weight is 264 g/mol. The number of alkyl halides is 3. The molecule has 16 heavy (non-hydrogen) atoms. The maximum atomic E-state index is 12.2. The van der Waals surface area contributed by atoms with E-state index in [1.807, 2.05) is 0 Å². The van der Waals surface area contributed by atoms with Crippen molar-refractivity contribution in [2.24, 2.45) is 0 Å². The van der Waals surface area contributed by atoms with Crippen LogP contribution in [0.25, 0.3) is 0 Å². The minimum absolute atomic E-state index is 0. The van der Waals surface area contributed by atoms with Crippen LogP contribution in [0, 0.1) is 0 Å². The average Bonchev–Trinajstić information content (AvgIpc) is 1.99. The molecule has 0 aliphatic rings. The molecule has 0 aliphatic carbocycles. The van der Waals surface area contributed by atoms with Crippen molar-refractivity contribution < 1.29 is 26.1 Å². The molecule has 0 saturated carbocycles. The van der Waals surface area contributed by atoms with Crippen molar-refractivity contribution in [1.29, 1.82) is 0 Å². The summed E-state index contributed by atoms with van der Waals surface area (Å²) >= 11 is 0. The maximum absolute atomic E-state index is 12.2. The second kappa shape index (κ2) is 5.50. The van der Waals surface area contributed by atoms with Crippen molar-refractivity contribution in [3.05, 3.63) is 35.4 Å². The molecule has 3 nitrogen and oxygen atoms in total. The molecular weight excluding hydrogens is 256 g/mol.